The molecule has 0 amide bonds. The minimum Gasteiger partial charge on any atom is -0.469 e. The van der Waals surface area contributed by atoms with E-state index in [9.17, 15) is 0 Å². The molecule has 0 saturated carbocycles. The standard InChI is InChI=1S/C14H24O.3C13H22O.C12H20O.C11H18O/c1-9(2)12-7-13(15-8-12)14(10(3)4)11(5)6;1-9(2)12(13(4,5)6)11-8-7-10(3)14-11;1-8(2)13(9(3)4)12-7-10(5)11(6)14-12;1-6-12(10(4)5)13-7-11(8-14-13)9(2)3;1-8(2)12(9(3)4)11-7-6-10(5)13-11;1-5-10(8(2)3)11-7-6-9(4)12-11/h7-11,14H,1-6H3;7-9,12H,1-6H3;7-9,13H,1-6H3;7-10,12H,6H2,1-5H3;6-9,12H,1-5H3;6-8,10H,5H2,1-4H3/t;12-;;12-;;10-/m.0.0.0/s1. The molecule has 0 fully saturated rings. The van der Waals surface area contributed by atoms with Crippen LogP contribution in [0.2, 0.25) is 0 Å². The van der Waals surface area contributed by atoms with E-state index in [0.717, 1.165) is 70.4 Å². The van der Waals surface area contributed by atoms with Crippen molar-refractivity contribution in [2.45, 2.75) is 282 Å². The minimum absolute atomic E-state index is 0.262. The molecule has 0 saturated heterocycles. The molecule has 0 aliphatic rings. The van der Waals surface area contributed by atoms with Gasteiger partial charge in [0.1, 0.15) is 57.6 Å². The summed E-state index contributed by atoms with van der Waals surface area (Å²) in [6.45, 7) is 70.8. The number of hydrogen-bond donors (Lipinski definition) is 0. The van der Waals surface area contributed by atoms with Crippen LogP contribution in [0.25, 0.3) is 0 Å². The van der Waals surface area contributed by atoms with Crippen LogP contribution in [0.4, 0.5) is 0 Å². The zero-order valence-electron chi connectivity index (χ0n) is 59.0. The number of aryl methyl sites for hydroxylation is 5. The smallest absolute Gasteiger partial charge is 0.108 e. The summed E-state index contributed by atoms with van der Waals surface area (Å²) in [6.07, 6.45) is 6.14. The van der Waals surface area contributed by atoms with Gasteiger partial charge in [0.15, 0.2) is 0 Å². The second-order valence-corrected chi connectivity index (χ2v) is 28.8. The van der Waals surface area contributed by atoms with Crippen LogP contribution < -0.4 is 0 Å². The molecule has 6 rings (SSSR count). The molecule has 0 N–H and O–H groups in total. The first kappa shape index (κ1) is 75.7. The van der Waals surface area contributed by atoms with E-state index in [1.165, 1.54) is 16.7 Å². The third-order valence-corrected chi connectivity index (χ3v) is 16.5. The van der Waals surface area contributed by atoms with Crippen LogP contribution >= 0.6 is 0 Å². The summed E-state index contributed by atoms with van der Waals surface area (Å²) in [4.78, 5) is 0. The third-order valence-electron chi connectivity index (χ3n) is 16.5. The van der Waals surface area contributed by atoms with E-state index < -0.39 is 0 Å². The van der Waals surface area contributed by atoms with Crippen LogP contribution in [0, 0.1) is 93.3 Å². The highest BCUT2D eigenvalue weighted by molar-refractivity contribution is 5.23. The van der Waals surface area contributed by atoms with Crippen LogP contribution in [0.15, 0.2) is 93.6 Å². The summed E-state index contributed by atoms with van der Waals surface area (Å²) >= 11 is 0. The average molecular weight is 1140 g/mol. The van der Waals surface area contributed by atoms with Gasteiger partial charge in [-0.2, -0.15) is 0 Å². The topological polar surface area (TPSA) is 78.8 Å². The molecule has 0 unspecified atom stereocenters. The summed E-state index contributed by atoms with van der Waals surface area (Å²) in [5.74, 6) is 21.2. The lowest BCUT2D eigenvalue weighted by atomic mass is 9.73. The second kappa shape index (κ2) is 35.9. The third kappa shape index (κ3) is 24.7. The summed E-state index contributed by atoms with van der Waals surface area (Å²) < 4.78 is 34.1. The van der Waals surface area contributed by atoms with Crippen LogP contribution in [0.1, 0.15) is 321 Å². The first-order chi connectivity index (χ1) is 37.9. The average Bonchev–Trinajstić information content (AvgIpc) is 4.26. The zero-order chi connectivity index (χ0) is 63.3. The van der Waals surface area contributed by atoms with Gasteiger partial charge >= 0.3 is 0 Å². The molecule has 6 heteroatoms. The van der Waals surface area contributed by atoms with Crippen molar-refractivity contribution in [3.63, 3.8) is 0 Å². The van der Waals surface area contributed by atoms with E-state index in [1.54, 1.807) is 0 Å². The number of furan rings is 6. The van der Waals surface area contributed by atoms with Gasteiger partial charge in [0.25, 0.3) is 0 Å². The van der Waals surface area contributed by atoms with E-state index in [0.29, 0.717) is 101 Å². The van der Waals surface area contributed by atoms with Gasteiger partial charge in [-0.25, -0.2) is 0 Å². The SMILES string of the molecule is CC(C)c1coc(C(C(C)C)C(C)C)c1.CC[C@H](c1cc(C(C)C)co1)C(C)C.CC[C@H](c1ccc(C)o1)C(C)C.Cc1cc(C(C(C)C)C(C)C)oc1C.Cc1ccc(C(C(C)C)C(C)C)o1.Cc1ccc([C@H](C(C)C)C(C)(C)C)o1. The van der Waals surface area contributed by atoms with Gasteiger partial charge < -0.3 is 26.5 Å². The maximum absolute atomic E-state index is 5.80. The molecular formula is C76H128O6. The molecule has 0 radical (unpaired) electrons. The van der Waals surface area contributed by atoms with Crippen LogP contribution in [0.5, 0.6) is 0 Å². The van der Waals surface area contributed by atoms with Gasteiger partial charge in [-0.05, 0) is 189 Å². The van der Waals surface area contributed by atoms with Gasteiger partial charge in [0.05, 0.1) is 12.5 Å². The Kier molecular flexibility index (Phi) is 33.1. The molecule has 6 aromatic rings. The fraction of sp³-hybridized carbons (Fsp3) is 0.684. The second-order valence-electron chi connectivity index (χ2n) is 28.8. The summed E-state index contributed by atoms with van der Waals surface area (Å²) in [7, 11) is 0. The zero-order valence-corrected chi connectivity index (χ0v) is 59.0. The quantitative estimate of drug-likeness (QED) is 0.0804. The van der Waals surface area contributed by atoms with Crippen molar-refractivity contribution in [3.05, 3.63) is 141 Å². The van der Waals surface area contributed by atoms with Crippen LogP contribution in [-0.4, -0.2) is 0 Å². The van der Waals surface area contributed by atoms with Crippen molar-refractivity contribution in [3.8, 4) is 0 Å². The Balaban J connectivity index is 0.000000493. The molecule has 0 aromatic carbocycles. The largest absolute Gasteiger partial charge is 0.469 e. The Labute approximate surface area is 505 Å². The molecule has 82 heavy (non-hydrogen) atoms. The van der Waals surface area contributed by atoms with E-state index in [1.807, 2.05) is 52.4 Å². The van der Waals surface area contributed by atoms with Gasteiger partial charge in [-0.1, -0.05) is 187 Å². The first-order valence-corrected chi connectivity index (χ1v) is 32.3. The highest BCUT2D eigenvalue weighted by Gasteiger charge is 2.32. The van der Waals surface area contributed by atoms with Gasteiger partial charge in [0.2, 0.25) is 0 Å². The minimum atomic E-state index is 0.262. The van der Waals surface area contributed by atoms with Gasteiger partial charge in [-0.15, -0.1) is 0 Å². The Morgan fingerprint density at radius 3 is 0.951 bits per heavy atom. The van der Waals surface area contributed by atoms with Crippen molar-refractivity contribution in [1.82, 2.24) is 0 Å². The van der Waals surface area contributed by atoms with Crippen molar-refractivity contribution < 1.29 is 26.5 Å². The Bertz CT molecular complexity index is 2510. The fourth-order valence-corrected chi connectivity index (χ4v) is 12.4. The molecule has 468 valence electrons. The normalized spacial score (nSPS) is 13.1. The molecule has 0 spiro atoms. The van der Waals surface area contributed by atoms with E-state index in [-0.39, 0.29) is 5.41 Å². The Morgan fingerprint density at radius 2 is 0.671 bits per heavy atom. The predicted molar refractivity (Wildman–Crippen MR) is 354 cm³/mol. The molecule has 0 aliphatic heterocycles. The van der Waals surface area contributed by atoms with Crippen LogP contribution in [-0.2, 0) is 0 Å². The van der Waals surface area contributed by atoms with Crippen molar-refractivity contribution >= 4 is 0 Å². The summed E-state index contributed by atoms with van der Waals surface area (Å²) in [5.41, 5.74) is 4.17. The molecular weight excluding hydrogens is 1010 g/mol. The van der Waals surface area contributed by atoms with E-state index >= 15 is 0 Å². The number of rotatable bonds is 19. The Morgan fingerprint density at radius 1 is 0.341 bits per heavy atom. The molecule has 6 aromatic heterocycles. The molecule has 0 bridgehead atoms. The lowest BCUT2D eigenvalue weighted by molar-refractivity contribution is 0.222. The van der Waals surface area contributed by atoms with Crippen molar-refractivity contribution in [2.75, 3.05) is 0 Å². The van der Waals surface area contributed by atoms with Gasteiger partial charge in [0, 0.05) is 35.5 Å². The summed E-state index contributed by atoms with van der Waals surface area (Å²) in [5, 5.41) is 0. The maximum Gasteiger partial charge on any atom is 0.108 e. The van der Waals surface area contributed by atoms with Crippen molar-refractivity contribution in [1.29, 1.82) is 0 Å². The fourth-order valence-electron chi connectivity index (χ4n) is 12.4. The number of hydrogen-bond acceptors (Lipinski definition) is 6. The first-order valence-electron chi connectivity index (χ1n) is 32.3. The predicted octanol–water partition coefficient (Wildman–Crippen LogP) is 25.7. The monoisotopic (exact) mass is 1140 g/mol. The van der Waals surface area contributed by atoms with E-state index in [4.69, 9.17) is 26.5 Å². The van der Waals surface area contributed by atoms with E-state index in [2.05, 4.69) is 236 Å². The van der Waals surface area contributed by atoms with Crippen molar-refractivity contribution in [2.24, 2.45) is 58.7 Å². The Hall–Kier alpha value is -4.32. The van der Waals surface area contributed by atoms with Gasteiger partial charge in [-0.3, -0.25) is 0 Å². The molecule has 6 nitrogen and oxygen atoms in total. The van der Waals surface area contributed by atoms with Crippen LogP contribution in [0.3, 0.4) is 0 Å². The molecule has 6 heterocycles. The lowest BCUT2D eigenvalue weighted by Gasteiger charge is -2.32. The maximum atomic E-state index is 5.80. The molecule has 0 aliphatic carbocycles. The molecule has 3 atom stereocenters. The highest BCUT2D eigenvalue weighted by Crippen LogP contribution is 2.42. The lowest BCUT2D eigenvalue weighted by Crippen LogP contribution is -2.22. The highest BCUT2D eigenvalue weighted by atomic mass is 16.4. The summed E-state index contributed by atoms with van der Waals surface area (Å²) in [6, 6.07) is 19.1.